The predicted octanol–water partition coefficient (Wildman–Crippen LogP) is 4.30. The SMILES string of the molecule is Cc1c(F)cc(C(=O)NC(C)c2ccccc2Br)cc1[N+](=O)[O-]. The van der Waals surface area contributed by atoms with Gasteiger partial charge in [0, 0.05) is 16.1 Å². The van der Waals surface area contributed by atoms with Crippen molar-refractivity contribution in [3.05, 3.63) is 73.5 Å². The molecule has 0 radical (unpaired) electrons. The van der Waals surface area contributed by atoms with Gasteiger partial charge in [-0.15, -0.1) is 0 Å². The molecular formula is C16H14BrFN2O3. The van der Waals surface area contributed by atoms with Gasteiger partial charge in [0.25, 0.3) is 11.6 Å². The number of carbonyl (C=O) groups excluding carboxylic acids is 1. The molecule has 0 fully saturated rings. The number of nitrogens with one attached hydrogen (secondary N) is 1. The van der Waals surface area contributed by atoms with Crippen LogP contribution >= 0.6 is 15.9 Å². The Labute approximate surface area is 140 Å². The quantitative estimate of drug-likeness (QED) is 0.634. The molecule has 2 rings (SSSR count). The number of nitro groups is 1. The second-order valence-electron chi connectivity index (χ2n) is 5.08. The van der Waals surface area contributed by atoms with E-state index in [9.17, 15) is 19.3 Å². The predicted molar refractivity (Wildman–Crippen MR) is 87.8 cm³/mol. The molecule has 2 aromatic rings. The molecule has 0 saturated carbocycles. The molecule has 120 valence electrons. The van der Waals surface area contributed by atoms with Gasteiger partial charge in [0.05, 0.1) is 16.5 Å². The third-order valence-electron chi connectivity index (χ3n) is 3.50. The number of benzene rings is 2. The van der Waals surface area contributed by atoms with Gasteiger partial charge in [0.15, 0.2) is 0 Å². The topological polar surface area (TPSA) is 72.2 Å². The molecule has 0 heterocycles. The molecule has 1 amide bonds. The third-order valence-corrected chi connectivity index (χ3v) is 4.22. The second-order valence-corrected chi connectivity index (χ2v) is 5.93. The van der Waals surface area contributed by atoms with Gasteiger partial charge in [0.1, 0.15) is 5.82 Å². The molecule has 1 atom stereocenters. The number of carbonyl (C=O) groups is 1. The number of nitro benzene ring substituents is 1. The molecule has 0 aliphatic carbocycles. The standard InChI is InChI=1S/C16H14BrFN2O3/c1-9-14(18)7-11(8-15(9)20(22)23)16(21)19-10(2)12-5-3-4-6-13(12)17/h3-8,10H,1-2H3,(H,19,21). The minimum atomic E-state index is -0.780. The summed E-state index contributed by atoms with van der Waals surface area (Å²) in [7, 11) is 0. The molecule has 5 nitrogen and oxygen atoms in total. The van der Waals surface area contributed by atoms with Gasteiger partial charge in [-0.3, -0.25) is 14.9 Å². The molecule has 23 heavy (non-hydrogen) atoms. The maximum absolute atomic E-state index is 13.8. The lowest BCUT2D eigenvalue weighted by molar-refractivity contribution is -0.385. The van der Waals surface area contributed by atoms with E-state index in [1.54, 1.807) is 6.92 Å². The lowest BCUT2D eigenvalue weighted by Gasteiger charge is -2.16. The van der Waals surface area contributed by atoms with E-state index in [1.807, 2.05) is 24.3 Å². The largest absolute Gasteiger partial charge is 0.345 e. The maximum atomic E-state index is 13.8. The molecule has 0 bridgehead atoms. The molecule has 7 heteroatoms. The van der Waals surface area contributed by atoms with Gasteiger partial charge in [0.2, 0.25) is 0 Å². The first kappa shape index (κ1) is 17.1. The number of rotatable bonds is 4. The van der Waals surface area contributed by atoms with Crippen molar-refractivity contribution >= 4 is 27.5 Å². The van der Waals surface area contributed by atoms with Crippen molar-refractivity contribution in [2.45, 2.75) is 19.9 Å². The fourth-order valence-electron chi connectivity index (χ4n) is 2.17. The van der Waals surface area contributed by atoms with Crippen molar-refractivity contribution in [2.75, 3.05) is 0 Å². The normalized spacial score (nSPS) is 11.8. The van der Waals surface area contributed by atoms with E-state index in [0.29, 0.717) is 0 Å². The monoisotopic (exact) mass is 380 g/mol. The Morgan fingerprint density at radius 3 is 2.61 bits per heavy atom. The summed E-state index contributed by atoms with van der Waals surface area (Å²) in [6.45, 7) is 3.08. The zero-order valence-electron chi connectivity index (χ0n) is 12.5. The smallest absolute Gasteiger partial charge is 0.276 e. The lowest BCUT2D eigenvalue weighted by atomic mass is 10.1. The molecule has 0 aliphatic rings. The summed E-state index contributed by atoms with van der Waals surface area (Å²) >= 11 is 3.39. The molecular weight excluding hydrogens is 367 g/mol. The van der Waals surface area contributed by atoms with E-state index in [4.69, 9.17) is 0 Å². The average Bonchev–Trinajstić information content (AvgIpc) is 2.49. The van der Waals surface area contributed by atoms with Crippen LogP contribution in [0.25, 0.3) is 0 Å². The van der Waals surface area contributed by atoms with Crippen LogP contribution in [-0.4, -0.2) is 10.8 Å². The van der Waals surface area contributed by atoms with Gasteiger partial charge in [-0.25, -0.2) is 4.39 Å². The van der Waals surface area contributed by atoms with E-state index < -0.39 is 22.3 Å². The molecule has 0 spiro atoms. The van der Waals surface area contributed by atoms with Gasteiger partial charge in [-0.05, 0) is 31.5 Å². The number of hydrogen-bond donors (Lipinski definition) is 1. The van der Waals surface area contributed by atoms with Crippen LogP contribution in [0.3, 0.4) is 0 Å². The van der Waals surface area contributed by atoms with Gasteiger partial charge >= 0.3 is 0 Å². The molecule has 2 aromatic carbocycles. The van der Waals surface area contributed by atoms with E-state index in [-0.39, 0.29) is 17.2 Å². The van der Waals surface area contributed by atoms with Gasteiger partial charge < -0.3 is 5.32 Å². The van der Waals surface area contributed by atoms with Crippen molar-refractivity contribution in [3.63, 3.8) is 0 Å². The fourth-order valence-corrected chi connectivity index (χ4v) is 2.80. The third kappa shape index (κ3) is 3.73. The van der Waals surface area contributed by atoms with Crippen molar-refractivity contribution in [2.24, 2.45) is 0 Å². The summed E-state index contributed by atoms with van der Waals surface area (Å²) in [5, 5.41) is 13.6. The Morgan fingerprint density at radius 1 is 1.35 bits per heavy atom. The molecule has 0 saturated heterocycles. The zero-order valence-corrected chi connectivity index (χ0v) is 14.1. The molecule has 0 aromatic heterocycles. The number of amides is 1. The Kier molecular flexibility index (Phi) is 5.10. The molecule has 1 N–H and O–H groups in total. The van der Waals surface area contributed by atoms with Crippen LogP contribution in [0, 0.1) is 22.9 Å². The highest BCUT2D eigenvalue weighted by Crippen LogP contribution is 2.25. The Bertz CT molecular complexity index is 780. The second kappa shape index (κ2) is 6.87. The number of halogens is 2. The Hall–Kier alpha value is -2.28. The molecule has 1 unspecified atom stereocenters. The van der Waals surface area contributed by atoms with Crippen LogP contribution in [0.15, 0.2) is 40.9 Å². The van der Waals surface area contributed by atoms with Crippen molar-refractivity contribution in [3.8, 4) is 0 Å². The summed E-state index contributed by atoms with van der Waals surface area (Å²) in [4.78, 5) is 22.5. The van der Waals surface area contributed by atoms with E-state index in [1.165, 1.54) is 6.92 Å². The first-order valence-corrected chi connectivity index (χ1v) is 7.60. The van der Waals surface area contributed by atoms with E-state index in [2.05, 4.69) is 21.2 Å². The van der Waals surface area contributed by atoms with Crippen LogP contribution < -0.4 is 5.32 Å². The van der Waals surface area contributed by atoms with Crippen LogP contribution in [0.2, 0.25) is 0 Å². The summed E-state index contributed by atoms with van der Waals surface area (Å²) in [6, 6.07) is 9.11. The van der Waals surface area contributed by atoms with Crippen molar-refractivity contribution in [1.29, 1.82) is 0 Å². The van der Waals surface area contributed by atoms with E-state index >= 15 is 0 Å². The summed E-state index contributed by atoms with van der Waals surface area (Å²) < 4.78 is 14.6. The first-order valence-electron chi connectivity index (χ1n) is 6.81. The first-order chi connectivity index (χ1) is 10.8. The van der Waals surface area contributed by atoms with Gasteiger partial charge in [-0.1, -0.05) is 34.1 Å². The van der Waals surface area contributed by atoms with Crippen LogP contribution in [0.5, 0.6) is 0 Å². The maximum Gasteiger partial charge on any atom is 0.276 e. The van der Waals surface area contributed by atoms with E-state index in [0.717, 1.165) is 22.2 Å². The summed E-state index contributed by atoms with van der Waals surface area (Å²) in [5.74, 6) is -1.35. The van der Waals surface area contributed by atoms with Crippen molar-refractivity contribution in [1.82, 2.24) is 5.32 Å². The zero-order chi connectivity index (χ0) is 17.1. The molecule has 0 aliphatic heterocycles. The minimum absolute atomic E-state index is 0.0845. The van der Waals surface area contributed by atoms with Crippen LogP contribution in [-0.2, 0) is 0 Å². The highest BCUT2D eigenvalue weighted by Gasteiger charge is 2.21. The number of hydrogen-bond acceptors (Lipinski definition) is 3. The van der Waals surface area contributed by atoms with Gasteiger partial charge in [-0.2, -0.15) is 0 Å². The fraction of sp³-hybridized carbons (Fsp3) is 0.188. The number of nitrogens with zero attached hydrogens (tertiary/aromatic N) is 1. The minimum Gasteiger partial charge on any atom is -0.345 e. The van der Waals surface area contributed by atoms with Crippen LogP contribution in [0.4, 0.5) is 10.1 Å². The summed E-state index contributed by atoms with van der Waals surface area (Å²) in [5.41, 5.74) is 0.260. The Morgan fingerprint density at radius 2 is 2.00 bits per heavy atom. The highest BCUT2D eigenvalue weighted by molar-refractivity contribution is 9.10. The van der Waals surface area contributed by atoms with Crippen LogP contribution in [0.1, 0.15) is 34.5 Å². The highest BCUT2D eigenvalue weighted by atomic mass is 79.9. The Balaban J connectivity index is 2.28. The van der Waals surface area contributed by atoms with Crippen molar-refractivity contribution < 1.29 is 14.1 Å². The average molecular weight is 381 g/mol. The summed E-state index contributed by atoms with van der Waals surface area (Å²) in [6.07, 6.45) is 0. The lowest BCUT2D eigenvalue weighted by Crippen LogP contribution is -2.27.